The fraction of sp³-hybridized carbons (Fsp3) is 0.200. The Morgan fingerprint density at radius 1 is 1.42 bits per heavy atom. The quantitative estimate of drug-likeness (QED) is 0.689. The van der Waals surface area contributed by atoms with Crippen LogP contribution in [0.2, 0.25) is 5.15 Å². The van der Waals surface area contributed by atoms with Crippen LogP contribution in [0.5, 0.6) is 0 Å². The van der Waals surface area contributed by atoms with Gasteiger partial charge in [-0.1, -0.05) is 11.6 Å². The van der Waals surface area contributed by atoms with Crippen LogP contribution in [0.15, 0.2) is 6.20 Å². The van der Waals surface area contributed by atoms with Crippen molar-refractivity contribution in [3.05, 3.63) is 17.0 Å². The van der Waals surface area contributed by atoms with E-state index >= 15 is 0 Å². The number of hydrogen-bond donors (Lipinski definition) is 1. The minimum absolute atomic E-state index is 0.233. The molecule has 0 aliphatic carbocycles. The van der Waals surface area contributed by atoms with Crippen molar-refractivity contribution in [2.75, 3.05) is 5.73 Å². The first kappa shape index (κ1) is 9.05. The van der Waals surface area contributed by atoms with E-state index in [-0.39, 0.29) is 5.15 Å². The monoisotopic (exact) mass is 197 g/mol. The third kappa shape index (κ3) is 1.76. The Kier molecular flexibility index (Phi) is 2.10. The average Bonchev–Trinajstić information content (AvgIpc) is 1.92. The molecule has 0 amide bonds. The van der Waals surface area contributed by atoms with E-state index in [2.05, 4.69) is 9.97 Å². The Bertz CT molecular complexity index is 298. The van der Waals surface area contributed by atoms with Crippen LogP contribution in [0.1, 0.15) is 5.69 Å². The van der Waals surface area contributed by atoms with Crippen LogP contribution in [0, 0.1) is 0 Å². The number of aromatic nitrogens is 2. The normalized spacial score (nSPS) is 11.7. The maximum Gasteiger partial charge on any atom is 0.434 e. The molecule has 0 saturated carbocycles. The summed E-state index contributed by atoms with van der Waals surface area (Å²) in [5, 5.41) is -0.233. The van der Waals surface area contributed by atoms with E-state index in [0.717, 1.165) is 0 Å². The number of halogens is 4. The van der Waals surface area contributed by atoms with Crippen LogP contribution < -0.4 is 5.73 Å². The minimum Gasteiger partial charge on any atom is -0.381 e. The number of nitrogens with zero attached hydrogens (tertiary/aromatic N) is 2. The second-order valence-electron chi connectivity index (χ2n) is 1.93. The number of nitrogens with two attached hydrogens (primary N) is 1. The number of nitrogen functional groups attached to an aromatic ring is 1. The molecule has 0 aromatic carbocycles. The van der Waals surface area contributed by atoms with Crippen molar-refractivity contribution < 1.29 is 13.2 Å². The third-order valence-electron chi connectivity index (χ3n) is 1.04. The van der Waals surface area contributed by atoms with Crippen LogP contribution in [-0.4, -0.2) is 9.97 Å². The van der Waals surface area contributed by atoms with Gasteiger partial charge >= 0.3 is 6.18 Å². The Labute approximate surface area is 70.4 Å². The first-order valence-electron chi connectivity index (χ1n) is 2.76. The van der Waals surface area contributed by atoms with Crippen molar-refractivity contribution >= 4 is 17.4 Å². The fourth-order valence-electron chi connectivity index (χ4n) is 0.525. The minimum atomic E-state index is -4.54. The van der Waals surface area contributed by atoms with Gasteiger partial charge in [-0.05, 0) is 0 Å². The molecule has 1 aromatic rings. The SMILES string of the molecule is Nc1nc(C(F)(F)F)cnc1Cl. The van der Waals surface area contributed by atoms with Crippen LogP contribution in [0.3, 0.4) is 0 Å². The van der Waals surface area contributed by atoms with E-state index in [9.17, 15) is 13.2 Å². The molecule has 0 fully saturated rings. The van der Waals surface area contributed by atoms with Gasteiger partial charge in [-0.15, -0.1) is 0 Å². The van der Waals surface area contributed by atoms with Crippen LogP contribution >= 0.6 is 11.6 Å². The van der Waals surface area contributed by atoms with Crippen molar-refractivity contribution in [3.63, 3.8) is 0 Å². The molecule has 1 rings (SSSR count). The van der Waals surface area contributed by atoms with E-state index in [1.165, 1.54) is 0 Å². The maximum atomic E-state index is 11.9. The van der Waals surface area contributed by atoms with Crippen LogP contribution in [0.25, 0.3) is 0 Å². The highest BCUT2D eigenvalue weighted by molar-refractivity contribution is 6.31. The molecule has 0 aliphatic heterocycles. The third-order valence-corrected chi connectivity index (χ3v) is 1.33. The molecule has 3 nitrogen and oxygen atoms in total. The highest BCUT2D eigenvalue weighted by Gasteiger charge is 2.33. The summed E-state index contributed by atoms with van der Waals surface area (Å²) in [7, 11) is 0. The molecule has 7 heteroatoms. The first-order valence-corrected chi connectivity index (χ1v) is 3.14. The molecule has 66 valence electrons. The smallest absolute Gasteiger partial charge is 0.381 e. The Balaban J connectivity index is 3.14. The lowest BCUT2D eigenvalue weighted by atomic mass is 10.4. The number of alkyl halides is 3. The van der Waals surface area contributed by atoms with Gasteiger partial charge in [0.1, 0.15) is 0 Å². The zero-order valence-corrected chi connectivity index (χ0v) is 6.32. The zero-order valence-electron chi connectivity index (χ0n) is 5.56. The lowest BCUT2D eigenvalue weighted by molar-refractivity contribution is -0.141. The van der Waals surface area contributed by atoms with Gasteiger partial charge in [-0.2, -0.15) is 13.2 Å². The van der Waals surface area contributed by atoms with Crippen molar-refractivity contribution in [2.24, 2.45) is 0 Å². The van der Waals surface area contributed by atoms with Gasteiger partial charge in [0.25, 0.3) is 0 Å². The lowest BCUT2D eigenvalue weighted by Crippen LogP contribution is -2.10. The number of rotatable bonds is 0. The van der Waals surface area contributed by atoms with Crippen molar-refractivity contribution in [1.82, 2.24) is 9.97 Å². The molecule has 12 heavy (non-hydrogen) atoms. The van der Waals surface area contributed by atoms with Crippen molar-refractivity contribution in [2.45, 2.75) is 6.18 Å². The van der Waals surface area contributed by atoms with E-state index in [1.807, 2.05) is 0 Å². The molecule has 0 bridgehead atoms. The second kappa shape index (κ2) is 2.78. The molecule has 0 unspecified atom stereocenters. The Hall–Kier alpha value is -1.04. The highest BCUT2D eigenvalue weighted by atomic mass is 35.5. The zero-order chi connectivity index (χ0) is 9.35. The Morgan fingerprint density at radius 3 is 2.42 bits per heavy atom. The topological polar surface area (TPSA) is 51.8 Å². The largest absolute Gasteiger partial charge is 0.434 e. The highest BCUT2D eigenvalue weighted by Crippen LogP contribution is 2.28. The summed E-state index contributed by atoms with van der Waals surface area (Å²) in [5.41, 5.74) is 3.86. The van der Waals surface area contributed by atoms with Gasteiger partial charge in [0.15, 0.2) is 16.7 Å². The second-order valence-corrected chi connectivity index (χ2v) is 2.29. The molecule has 0 atom stereocenters. The summed E-state index contributed by atoms with van der Waals surface area (Å²) >= 11 is 5.26. The summed E-state index contributed by atoms with van der Waals surface area (Å²) in [4.78, 5) is 6.21. The lowest BCUT2D eigenvalue weighted by Gasteiger charge is -2.05. The van der Waals surface area contributed by atoms with Crippen molar-refractivity contribution in [3.8, 4) is 0 Å². The maximum absolute atomic E-state index is 11.9. The molecule has 0 aliphatic rings. The predicted molar refractivity (Wildman–Crippen MR) is 36.5 cm³/mol. The van der Waals surface area contributed by atoms with Gasteiger partial charge < -0.3 is 5.73 Å². The van der Waals surface area contributed by atoms with Gasteiger partial charge in [-0.25, -0.2) is 9.97 Å². The van der Waals surface area contributed by atoms with Crippen molar-refractivity contribution in [1.29, 1.82) is 0 Å². The van der Waals surface area contributed by atoms with E-state index in [0.29, 0.717) is 6.20 Å². The van der Waals surface area contributed by atoms with Gasteiger partial charge in [0.05, 0.1) is 6.20 Å². The molecule has 1 aromatic heterocycles. The predicted octanol–water partition coefficient (Wildman–Crippen LogP) is 1.73. The van der Waals surface area contributed by atoms with Gasteiger partial charge in [-0.3, -0.25) is 0 Å². The molecule has 2 N–H and O–H groups in total. The molecular formula is C5H3ClF3N3. The van der Waals surface area contributed by atoms with E-state index in [4.69, 9.17) is 17.3 Å². The van der Waals surface area contributed by atoms with Gasteiger partial charge in [0, 0.05) is 0 Å². The summed E-state index contributed by atoms with van der Waals surface area (Å²) in [6.07, 6.45) is -4.01. The summed E-state index contributed by atoms with van der Waals surface area (Å²) in [6.45, 7) is 0. The average molecular weight is 198 g/mol. The fourth-order valence-corrected chi connectivity index (χ4v) is 0.616. The molecule has 0 saturated heterocycles. The number of hydrogen-bond acceptors (Lipinski definition) is 3. The standard InChI is InChI=1S/C5H3ClF3N3/c6-3-4(10)12-2(1-11-3)5(7,8)9/h1H,(H2,10,12). The number of anilines is 1. The summed E-state index contributed by atoms with van der Waals surface area (Å²) in [6, 6.07) is 0. The first-order chi connectivity index (χ1) is 5.41. The van der Waals surface area contributed by atoms with Crippen LogP contribution in [-0.2, 0) is 6.18 Å². The van der Waals surface area contributed by atoms with Gasteiger partial charge in [0.2, 0.25) is 0 Å². The molecule has 0 radical (unpaired) electrons. The molecule has 1 heterocycles. The summed E-state index contributed by atoms with van der Waals surface area (Å²) < 4.78 is 35.7. The summed E-state index contributed by atoms with van der Waals surface area (Å²) in [5.74, 6) is -0.425. The molecule has 0 spiro atoms. The van der Waals surface area contributed by atoms with E-state index < -0.39 is 17.7 Å². The Morgan fingerprint density at radius 2 is 2.00 bits per heavy atom. The van der Waals surface area contributed by atoms with Crippen LogP contribution in [0.4, 0.5) is 19.0 Å². The van der Waals surface area contributed by atoms with E-state index in [1.54, 1.807) is 0 Å². The molecular weight excluding hydrogens is 195 g/mol.